The number of hydrogen-bond acceptors (Lipinski definition) is 13. The number of ether oxygens (including phenoxy) is 5. The van der Waals surface area contributed by atoms with Gasteiger partial charge in [0.25, 0.3) is 0 Å². The number of aromatic hydroxyl groups is 2. The molecule has 2 aliphatic rings. The van der Waals surface area contributed by atoms with Crippen LogP contribution in [0.3, 0.4) is 0 Å². The number of aliphatic hydroxyl groups is 5. The van der Waals surface area contributed by atoms with Gasteiger partial charge in [-0.15, -0.1) is 0 Å². The normalized spacial score (nSPS) is 32.7. The van der Waals surface area contributed by atoms with Gasteiger partial charge in [-0.1, -0.05) is 12.1 Å². The fraction of sp³-hybridized carbons (Fsp3) is 0.500. The molecule has 0 amide bonds. The Kier molecular flexibility index (Phi) is 9.38. The van der Waals surface area contributed by atoms with Gasteiger partial charge in [0.1, 0.15) is 48.6 Å². The van der Waals surface area contributed by atoms with Gasteiger partial charge < -0.3 is 59.4 Å². The molecule has 0 radical (unpaired) electrons. The average molecular weight is 553 g/mol. The van der Waals surface area contributed by atoms with E-state index in [9.17, 15) is 40.5 Å². The van der Waals surface area contributed by atoms with Crippen molar-refractivity contribution in [1.29, 1.82) is 0 Å². The second kappa shape index (κ2) is 12.6. The molecule has 2 heterocycles. The van der Waals surface area contributed by atoms with Gasteiger partial charge in [-0.2, -0.15) is 0 Å². The number of aliphatic hydroxyl groups excluding tert-OH is 4. The Labute approximate surface area is 223 Å². The van der Waals surface area contributed by atoms with Gasteiger partial charge in [-0.3, -0.25) is 0 Å². The molecule has 0 aliphatic carbocycles. The Morgan fingerprint density at radius 2 is 1.59 bits per heavy atom. The highest BCUT2D eigenvalue weighted by Crippen LogP contribution is 2.32. The average Bonchev–Trinajstić information content (AvgIpc) is 3.21. The maximum absolute atomic E-state index is 12.3. The Hall–Kier alpha value is -2.85. The summed E-state index contributed by atoms with van der Waals surface area (Å²) in [4.78, 5) is 12.3. The monoisotopic (exact) mass is 552 g/mol. The van der Waals surface area contributed by atoms with Crippen molar-refractivity contribution in [3.63, 3.8) is 0 Å². The molecule has 2 fully saturated rings. The summed E-state index contributed by atoms with van der Waals surface area (Å²) in [5.41, 5.74) is -1.11. The third kappa shape index (κ3) is 6.84. The van der Waals surface area contributed by atoms with Crippen molar-refractivity contribution in [2.24, 2.45) is 0 Å². The lowest BCUT2D eigenvalue weighted by Gasteiger charge is -2.42. The van der Waals surface area contributed by atoms with Crippen molar-refractivity contribution in [1.82, 2.24) is 0 Å². The second-order valence-corrected chi connectivity index (χ2v) is 9.45. The summed E-state index contributed by atoms with van der Waals surface area (Å²) in [6.07, 6.45) is -9.91. The second-order valence-electron chi connectivity index (χ2n) is 9.45. The van der Waals surface area contributed by atoms with E-state index in [0.29, 0.717) is 6.42 Å². The number of hydrogen-bond donors (Lipinski definition) is 7. The summed E-state index contributed by atoms with van der Waals surface area (Å²) in [5, 5.41) is 70.9. The van der Waals surface area contributed by atoms with E-state index in [-0.39, 0.29) is 23.7 Å². The zero-order chi connectivity index (χ0) is 28.2. The van der Waals surface area contributed by atoms with Crippen LogP contribution in [0.1, 0.15) is 15.9 Å². The fourth-order valence-electron chi connectivity index (χ4n) is 4.21. The van der Waals surface area contributed by atoms with Crippen LogP contribution in [0.4, 0.5) is 0 Å². The van der Waals surface area contributed by atoms with Crippen LogP contribution in [0.2, 0.25) is 0 Å². The van der Waals surface area contributed by atoms with Crippen molar-refractivity contribution in [2.75, 3.05) is 26.4 Å². The van der Waals surface area contributed by atoms with Crippen LogP contribution in [0.25, 0.3) is 0 Å². The smallest absolute Gasteiger partial charge is 0.338 e. The highest BCUT2D eigenvalue weighted by Gasteiger charge is 2.54. The van der Waals surface area contributed by atoms with Crippen LogP contribution >= 0.6 is 0 Å². The number of esters is 1. The Balaban J connectivity index is 1.37. The molecule has 0 spiro atoms. The summed E-state index contributed by atoms with van der Waals surface area (Å²) in [6.45, 7) is -1.68. The van der Waals surface area contributed by atoms with Gasteiger partial charge in [0.05, 0.1) is 25.4 Å². The van der Waals surface area contributed by atoms with Crippen LogP contribution in [0.5, 0.6) is 11.5 Å². The standard InChI is InChI=1S/C26H32O13/c27-11-18-19(30)20(31)21(24(38-18)35-10-9-14-1-5-16(28)6-2-14)39-25-22(32)26(34,13-37-25)12-36-23(33)15-3-7-17(29)8-4-15/h1-8,18-22,24-25,27-32,34H,9-13H2/t18?,19-,20-,21-,22+,24?,25?,26-/m0/s1. The van der Waals surface area contributed by atoms with E-state index in [1.165, 1.54) is 36.4 Å². The molecule has 2 aliphatic heterocycles. The molecular weight excluding hydrogens is 520 g/mol. The zero-order valence-corrected chi connectivity index (χ0v) is 20.8. The van der Waals surface area contributed by atoms with E-state index in [1.54, 1.807) is 12.1 Å². The first-order chi connectivity index (χ1) is 18.6. The topological polar surface area (TPSA) is 205 Å². The van der Waals surface area contributed by atoms with Crippen LogP contribution < -0.4 is 0 Å². The Morgan fingerprint density at radius 3 is 2.23 bits per heavy atom. The summed E-state index contributed by atoms with van der Waals surface area (Å²) in [7, 11) is 0. The lowest BCUT2D eigenvalue weighted by Crippen LogP contribution is -2.61. The van der Waals surface area contributed by atoms with E-state index in [4.69, 9.17) is 23.7 Å². The third-order valence-electron chi connectivity index (χ3n) is 6.59. The predicted octanol–water partition coefficient (Wildman–Crippen LogP) is -1.21. The first kappa shape index (κ1) is 29.1. The minimum Gasteiger partial charge on any atom is -0.508 e. The molecule has 0 saturated carbocycles. The summed E-state index contributed by atoms with van der Waals surface area (Å²) >= 11 is 0. The SMILES string of the molecule is O=C(OC[C@]1(O)COC(O[C@@H]2C(OCCc3ccc(O)cc3)OC(CO)[C@H](O)[C@@H]2O)[C@H]1O)c1ccc(O)cc1. The van der Waals surface area contributed by atoms with Crippen molar-refractivity contribution in [3.8, 4) is 11.5 Å². The van der Waals surface area contributed by atoms with Gasteiger partial charge in [0.2, 0.25) is 0 Å². The number of carbonyl (C=O) groups excluding carboxylic acids is 1. The number of carbonyl (C=O) groups is 1. The highest BCUT2D eigenvalue weighted by molar-refractivity contribution is 5.89. The molecule has 2 aromatic carbocycles. The number of benzene rings is 2. The van der Waals surface area contributed by atoms with Gasteiger partial charge in [-0.05, 0) is 48.4 Å². The van der Waals surface area contributed by atoms with Crippen molar-refractivity contribution >= 4 is 5.97 Å². The predicted molar refractivity (Wildman–Crippen MR) is 129 cm³/mol. The lowest BCUT2D eigenvalue weighted by molar-refractivity contribution is -0.335. The first-order valence-corrected chi connectivity index (χ1v) is 12.3. The molecule has 214 valence electrons. The number of rotatable bonds is 10. The molecule has 13 nitrogen and oxygen atoms in total. The molecule has 4 rings (SSSR count). The largest absolute Gasteiger partial charge is 0.508 e. The molecule has 8 atom stereocenters. The molecular formula is C26H32O13. The number of phenolic OH excluding ortho intramolecular Hbond substituents is 2. The Morgan fingerprint density at radius 1 is 0.949 bits per heavy atom. The van der Waals surface area contributed by atoms with Crippen molar-refractivity contribution in [2.45, 2.75) is 55.1 Å². The molecule has 13 heteroatoms. The first-order valence-electron chi connectivity index (χ1n) is 12.3. The minimum absolute atomic E-state index is 0.0447. The van der Waals surface area contributed by atoms with E-state index in [0.717, 1.165) is 5.56 Å². The zero-order valence-electron chi connectivity index (χ0n) is 20.8. The van der Waals surface area contributed by atoms with Gasteiger partial charge in [0, 0.05) is 0 Å². The fourth-order valence-corrected chi connectivity index (χ4v) is 4.21. The van der Waals surface area contributed by atoms with Crippen molar-refractivity contribution in [3.05, 3.63) is 59.7 Å². The van der Waals surface area contributed by atoms with E-state index < -0.39 is 74.5 Å². The van der Waals surface area contributed by atoms with Gasteiger partial charge in [0.15, 0.2) is 18.2 Å². The van der Waals surface area contributed by atoms with Gasteiger partial charge in [-0.25, -0.2) is 4.79 Å². The highest BCUT2D eigenvalue weighted by atomic mass is 16.8. The van der Waals surface area contributed by atoms with Gasteiger partial charge >= 0.3 is 5.97 Å². The van der Waals surface area contributed by atoms with Crippen LogP contribution in [-0.4, -0.2) is 117 Å². The van der Waals surface area contributed by atoms with Crippen LogP contribution in [0.15, 0.2) is 48.5 Å². The maximum atomic E-state index is 12.3. The molecule has 39 heavy (non-hydrogen) atoms. The van der Waals surface area contributed by atoms with Crippen molar-refractivity contribution < 1.29 is 64.2 Å². The Bertz CT molecular complexity index is 1080. The number of phenols is 2. The van der Waals surface area contributed by atoms with E-state index in [1.807, 2.05) is 0 Å². The molecule has 2 saturated heterocycles. The third-order valence-corrected chi connectivity index (χ3v) is 6.59. The lowest BCUT2D eigenvalue weighted by atomic mass is 9.98. The van der Waals surface area contributed by atoms with Crippen LogP contribution in [-0.2, 0) is 30.1 Å². The summed E-state index contributed by atoms with van der Waals surface area (Å²) in [6, 6.07) is 11.7. The molecule has 7 N–H and O–H groups in total. The van der Waals surface area contributed by atoms with Crippen LogP contribution in [0, 0.1) is 0 Å². The minimum atomic E-state index is -2.06. The molecule has 3 unspecified atom stereocenters. The molecule has 2 aromatic rings. The molecule has 0 bridgehead atoms. The summed E-state index contributed by atoms with van der Waals surface area (Å²) in [5.74, 6) is -0.745. The van der Waals surface area contributed by atoms with E-state index in [2.05, 4.69) is 0 Å². The summed E-state index contributed by atoms with van der Waals surface area (Å²) < 4.78 is 27.5. The maximum Gasteiger partial charge on any atom is 0.338 e. The molecule has 0 aromatic heterocycles. The van der Waals surface area contributed by atoms with E-state index >= 15 is 0 Å². The quantitative estimate of drug-likeness (QED) is 0.173.